The molecule has 0 saturated heterocycles. The SMILES string of the molecule is COCCn1cc(NS(=O)(=O)c2sc(=O)[nH]c2C)cn1. The number of hydrogen-bond donors (Lipinski definition) is 2. The minimum absolute atomic E-state index is 0.0212. The molecule has 2 N–H and O–H groups in total. The number of hydrogen-bond acceptors (Lipinski definition) is 6. The number of nitrogens with one attached hydrogen (secondary N) is 2. The van der Waals surface area contributed by atoms with Crippen LogP contribution in [0.2, 0.25) is 0 Å². The van der Waals surface area contributed by atoms with Crippen LogP contribution in [0.4, 0.5) is 5.69 Å². The molecule has 0 unspecified atom stereocenters. The standard InChI is InChI=1S/C10H14N4O4S2/c1-7-9(19-10(15)12-7)20(16,17)13-8-5-11-14(6-8)3-4-18-2/h5-6,13H,3-4H2,1-2H3,(H,12,15). The third kappa shape index (κ3) is 3.26. The molecule has 0 aliphatic carbocycles. The number of sulfonamides is 1. The third-order valence-corrected chi connectivity index (χ3v) is 5.42. The number of thiazole rings is 1. The molecule has 0 aromatic carbocycles. The van der Waals surface area contributed by atoms with Gasteiger partial charge in [-0.25, -0.2) is 8.42 Å². The number of rotatable bonds is 6. The number of aromatic amines is 1. The molecule has 10 heteroatoms. The van der Waals surface area contributed by atoms with Gasteiger partial charge in [0.2, 0.25) is 0 Å². The number of nitrogens with zero attached hydrogens (tertiary/aromatic N) is 2. The minimum atomic E-state index is -3.78. The van der Waals surface area contributed by atoms with E-state index < -0.39 is 14.9 Å². The Balaban J connectivity index is 2.18. The van der Waals surface area contributed by atoms with Crippen molar-refractivity contribution in [1.29, 1.82) is 0 Å². The second kappa shape index (κ2) is 5.77. The first kappa shape index (κ1) is 14.8. The van der Waals surface area contributed by atoms with Crippen LogP contribution in [0.5, 0.6) is 0 Å². The molecule has 2 rings (SSSR count). The Kier molecular flexibility index (Phi) is 4.26. The summed E-state index contributed by atoms with van der Waals surface area (Å²) in [5.41, 5.74) is 0.653. The average molecular weight is 318 g/mol. The lowest BCUT2D eigenvalue weighted by Gasteiger charge is -2.03. The summed E-state index contributed by atoms with van der Waals surface area (Å²) in [6.45, 7) is 2.54. The minimum Gasteiger partial charge on any atom is -0.383 e. The lowest BCUT2D eigenvalue weighted by atomic mass is 10.6. The van der Waals surface area contributed by atoms with E-state index >= 15 is 0 Å². The zero-order chi connectivity index (χ0) is 14.8. The fraction of sp³-hybridized carbons (Fsp3) is 0.400. The van der Waals surface area contributed by atoms with Gasteiger partial charge in [-0.15, -0.1) is 0 Å². The summed E-state index contributed by atoms with van der Waals surface area (Å²) >= 11 is 0.652. The Morgan fingerprint density at radius 3 is 2.90 bits per heavy atom. The lowest BCUT2D eigenvalue weighted by Crippen LogP contribution is -2.12. The van der Waals surface area contributed by atoms with Crippen LogP contribution in [-0.2, 0) is 21.3 Å². The van der Waals surface area contributed by atoms with Gasteiger partial charge in [-0.05, 0) is 6.92 Å². The van der Waals surface area contributed by atoms with E-state index in [-0.39, 0.29) is 4.21 Å². The lowest BCUT2D eigenvalue weighted by molar-refractivity contribution is 0.183. The Morgan fingerprint density at radius 2 is 2.30 bits per heavy atom. The van der Waals surface area contributed by atoms with Crippen molar-refractivity contribution in [2.45, 2.75) is 17.7 Å². The van der Waals surface area contributed by atoms with Gasteiger partial charge in [-0.1, -0.05) is 11.3 Å². The molecule has 2 aromatic rings. The molecule has 0 fully saturated rings. The largest absolute Gasteiger partial charge is 0.383 e. The first-order valence-electron chi connectivity index (χ1n) is 5.66. The van der Waals surface area contributed by atoms with Gasteiger partial charge >= 0.3 is 4.87 Å². The molecule has 0 radical (unpaired) electrons. The smallest absolute Gasteiger partial charge is 0.306 e. The number of ether oxygens (including phenoxy) is 1. The van der Waals surface area contributed by atoms with Crippen LogP contribution in [0.25, 0.3) is 0 Å². The highest BCUT2D eigenvalue weighted by Gasteiger charge is 2.21. The molecule has 0 aliphatic heterocycles. The van der Waals surface area contributed by atoms with E-state index in [4.69, 9.17) is 4.74 Å². The normalized spacial score (nSPS) is 11.7. The number of methoxy groups -OCH3 is 1. The molecule has 0 atom stereocenters. The molecule has 2 heterocycles. The molecular weight excluding hydrogens is 304 g/mol. The zero-order valence-electron chi connectivity index (χ0n) is 10.9. The van der Waals surface area contributed by atoms with E-state index in [1.54, 1.807) is 18.0 Å². The molecule has 0 bridgehead atoms. The highest BCUT2D eigenvalue weighted by molar-refractivity contribution is 7.94. The molecule has 2 aromatic heterocycles. The molecule has 110 valence electrons. The van der Waals surface area contributed by atoms with Crippen LogP contribution in [0.3, 0.4) is 0 Å². The van der Waals surface area contributed by atoms with E-state index in [1.165, 1.54) is 13.1 Å². The van der Waals surface area contributed by atoms with E-state index in [2.05, 4.69) is 14.8 Å². The van der Waals surface area contributed by atoms with Crippen molar-refractivity contribution in [3.63, 3.8) is 0 Å². The molecule has 0 amide bonds. The van der Waals surface area contributed by atoms with E-state index in [1.807, 2.05) is 0 Å². The Morgan fingerprint density at radius 1 is 1.55 bits per heavy atom. The fourth-order valence-corrected chi connectivity index (χ4v) is 3.90. The Labute approximate surface area is 119 Å². The predicted molar refractivity (Wildman–Crippen MR) is 74.6 cm³/mol. The van der Waals surface area contributed by atoms with Crippen molar-refractivity contribution in [2.24, 2.45) is 0 Å². The Bertz CT molecular complexity index is 743. The molecule has 0 saturated carbocycles. The second-order valence-electron chi connectivity index (χ2n) is 4.02. The van der Waals surface area contributed by atoms with Gasteiger partial charge in [0.25, 0.3) is 10.0 Å². The summed E-state index contributed by atoms with van der Waals surface area (Å²) in [6, 6.07) is 0. The summed E-state index contributed by atoms with van der Waals surface area (Å²) in [5.74, 6) is 0. The molecule has 8 nitrogen and oxygen atoms in total. The highest BCUT2D eigenvalue weighted by Crippen LogP contribution is 2.19. The van der Waals surface area contributed by atoms with Crippen LogP contribution >= 0.6 is 11.3 Å². The second-order valence-corrected chi connectivity index (χ2v) is 6.88. The third-order valence-electron chi connectivity index (χ3n) is 2.44. The number of anilines is 1. The summed E-state index contributed by atoms with van der Waals surface area (Å²) in [4.78, 5) is 13.2. The quantitative estimate of drug-likeness (QED) is 0.801. The topological polar surface area (TPSA) is 106 Å². The van der Waals surface area contributed by atoms with Crippen molar-refractivity contribution >= 4 is 27.0 Å². The van der Waals surface area contributed by atoms with Gasteiger partial charge < -0.3 is 9.72 Å². The monoisotopic (exact) mass is 318 g/mol. The number of aryl methyl sites for hydroxylation is 1. The maximum Gasteiger partial charge on any atom is 0.306 e. The Hall–Kier alpha value is -1.65. The maximum atomic E-state index is 12.1. The van der Waals surface area contributed by atoms with Gasteiger partial charge in [0.1, 0.15) is 0 Å². The highest BCUT2D eigenvalue weighted by atomic mass is 32.2. The van der Waals surface area contributed by atoms with Crippen LogP contribution in [-0.4, -0.2) is 36.9 Å². The predicted octanol–water partition coefficient (Wildman–Crippen LogP) is 0.389. The van der Waals surface area contributed by atoms with Crippen LogP contribution < -0.4 is 9.60 Å². The summed E-state index contributed by atoms with van der Waals surface area (Å²) in [6.07, 6.45) is 2.96. The maximum absolute atomic E-state index is 12.1. The molecule has 0 spiro atoms. The van der Waals surface area contributed by atoms with Crippen molar-refractivity contribution in [3.05, 3.63) is 27.8 Å². The first-order chi connectivity index (χ1) is 9.42. The van der Waals surface area contributed by atoms with E-state index in [0.29, 0.717) is 35.9 Å². The van der Waals surface area contributed by atoms with Gasteiger partial charge in [0.15, 0.2) is 4.21 Å². The number of aromatic nitrogens is 3. The average Bonchev–Trinajstić information content (AvgIpc) is 2.93. The van der Waals surface area contributed by atoms with E-state index in [9.17, 15) is 13.2 Å². The van der Waals surface area contributed by atoms with Crippen molar-refractivity contribution < 1.29 is 13.2 Å². The summed E-state index contributed by atoms with van der Waals surface area (Å²) in [5, 5.41) is 4.00. The van der Waals surface area contributed by atoms with Crippen molar-refractivity contribution in [2.75, 3.05) is 18.4 Å². The van der Waals surface area contributed by atoms with Gasteiger partial charge in [0.05, 0.1) is 25.0 Å². The van der Waals surface area contributed by atoms with Crippen LogP contribution in [0, 0.1) is 6.92 Å². The van der Waals surface area contributed by atoms with Crippen molar-refractivity contribution in [1.82, 2.24) is 14.8 Å². The molecule has 20 heavy (non-hydrogen) atoms. The van der Waals surface area contributed by atoms with Gasteiger partial charge in [0, 0.05) is 19.0 Å². The number of H-pyrrole nitrogens is 1. The molecule has 0 aliphatic rings. The van der Waals surface area contributed by atoms with E-state index in [0.717, 1.165) is 0 Å². The van der Waals surface area contributed by atoms with Gasteiger partial charge in [-0.2, -0.15) is 5.10 Å². The first-order valence-corrected chi connectivity index (χ1v) is 7.96. The van der Waals surface area contributed by atoms with Crippen LogP contribution in [0.1, 0.15) is 5.69 Å². The van der Waals surface area contributed by atoms with Gasteiger partial charge in [-0.3, -0.25) is 14.2 Å². The summed E-state index contributed by atoms with van der Waals surface area (Å²) < 4.78 is 33.1. The molecular formula is C10H14N4O4S2. The summed E-state index contributed by atoms with van der Waals surface area (Å²) in [7, 11) is -2.20. The zero-order valence-corrected chi connectivity index (χ0v) is 12.5. The van der Waals surface area contributed by atoms with Crippen LogP contribution in [0.15, 0.2) is 21.4 Å². The fourth-order valence-electron chi connectivity index (χ4n) is 1.57. The van der Waals surface area contributed by atoms with Crippen molar-refractivity contribution in [3.8, 4) is 0 Å².